The van der Waals surface area contributed by atoms with E-state index in [2.05, 4.69) is 26.1 Å². The highest BCUT2D eigenvalue weighted by atomic mass is 32.2. The quantitative estimate of drug-likeness (QED) is 0.812. The summed E-state index contributed by atoms with van der Waals surface area (Å²) in [4.78, 5) is 0.315. The Morgan fingerprint density at radius 2 is 1.86 bits per heavy atom. The minimum atomic E-state index is -3.27. The molecule has 0 spiro atoms. The van der Waals surface area contributed by atoms with Gasteiger partial charge < -0.3 is 10.4 Å². The molecule has 1 unspecified atom stereocenters. The van der Waals surface area contributed by atoms with Gasteiger partial charge in [0.2, 0.25) is 0 Å². The second kappa shape index (κ2) is 7.27. The molecule has 1 aromatic carbocycles. The van der Waals surface area contributed by atoms with Gasteiger partial charge in [-0.1, -0.05) is 39.8 Å². The van der Waals surface area contributed by atoms with Crippen molar-refractivity contribution in [2.24, 2.45) is 5.41 Å². The molecular formula is C16H27NO3S. The van der Waals surface area contributed by atoms with Crippen molar-refractivity contribution < 1.29 is 13.5 Å². The molecule has 0 aliphatic rings. The third kappa shape index (κ3) is 6.06. The van der Waals surface area contributed by atoms with Crippen molar-refractivity contribution in [1.29, 1.82) is 0 Å². The molecule has 0 radical (unpaired) electrons. The number of sulfone groups is 1. The Labute approximate surface area is 128 Å². The Bertz CT molecular complexity index is 547. The highest BCUT2D eigenvalue weighted by molar-refractivity contribution is 7.91. The summed E-state index contributed by atoms with van der Waals surface area (Å²) >= 11 is 0. The van der Waals surface area contributed by atoms with Crippen molar-refractivity contribution in [3.8, 4) is 0 Å². The largest absolute Gasteiger partial charge is 0.391 e. The lowest BCUT2D eigenvalue weighted by Gasteiger charge is -2.23. The van der Waals surface area contributed by atoms with Gasteiger partial charge in [-0.05, 0) is 30.4 Å². The van der Waals surface area contributed by atoms with Gasteiger partial charge in [-0.15, -0.1) is 0 Å². The Hall–Kier alpha value is -1.07. The normalized spacial score (nSPS) is 14.0. The third-order valence-electron chi connectivity index (χ3n) is 3.07. The van der Waals surface area contributed by atoms with Crippen LogP contribution in [0.4, 0.5) is 5.69 Å². The first kappa shape index (κ1) is 18.0. The number of para-hydroxylation sites is 1. The fourth-order valence-electron chi connectivity index (χ4n) is 2.27. The van der Waals surface area contributed by atoms with Gasteiger partial charge >= 0.3 is 0 Å². The van der Waals surface area contributed by atoms with E-state index in [1.165, 1.54) is 0 Å². The molecule has 120 valence electrons. The van der Waals surface area contributed by atoms with E-state index in [1.54, 1.807) is 24.3 Å². The summed E-state index contributed by atoms with van der Waals surface area (Å²) in [6.07, 6.45) is 0.736. The van der Waals surface area contributed by atoms with Crippen LogP contribution in [0.3, 0.4) is 0 Å². The number of anilines is 1. The molecule has 0 aliphatic carbocycles. The number of rotatable bonds is 7. The summed E-state index contributed by atoms with van der Waals surface area (Å²) in [5, 5.41) is 13.1. The van der Waals surface area contributed by atoms with E-state index < -0.39 is 15.9 Å². The van der Waals surface area contributed by atoms with E-state index in [0.717, 1.165) is 0 Å². The average molecular weight is 313 g/mol. The molecule has 0 bridgehead atoms. The van der Waals surface area contributed by atoms with Gasteiger partial charge in [0.25, 0.3) is 0 Å². The predicted molar refractivity (Wildman–Crippen MR) is 87.4 cm³/mol. The molecule has 0 fully saturated rings. The molecule has 0 saturated heterocycles. The molecule has 1 aromatic rings. The number of nitrogens with one attached hydrogen (secondary N) is 1. The fourth-order valence-corrected chi connectivity index (χ4v) is 3.79. The molecule has 0 aliphatic heterocycles. The third-order valence-corrected chi connectivity index (χ3v) is 5.04. The maximum Gasteiger partial charge on any atom is 0.180 e. The van der Waals surface area contributed by atoms with Crippen molar-refractivity contribution in [2.45, 2.75) is 51.5 Å². The van der Waals surface area contributed by atoms with Crippen LogP contribution in [0.5, 0.6) is 0 Å². The van der Waals surface area contributed by atoms with Crippen LogP contribution in [0.25, 0.3) is 0 Å². The minimum absolute atomic E-state index is 0.0366. The first-order valence-electron chi connectivity index (χ1n) is 7.39. The summed E-state index contributed by atoms with van der Waals surface area (Å²) in [6.45, 7) is 8.39. The van der Waals surface area contributed by atoms with Crippen LogP contribution in [0, 0.1) is 5.41 Å². The van der Waals surface area contributed by atoms with E-state index in [-0.39, 0.29) is 11.2 Å². The highest BCUT2D eigenvalue weighted by Gasteiger charge is 2.19. The van der Waals surface area contributed by atoms with Crippen molar-refractivity contribution in [2.75, 3.05) is 17.6 Å². The Kier molecular flexibility index (Phi) is 6.23. The predicted octanol–water partition coefficient (Wildman–Crippen LogP) is 3.08. The summed E-state index contributed by atoms with van der Waals surface area (Å²) < 4.78 is 24.4. The van der Waals surface area contributed by atoms with Crippen molar-refractivity contribution in [1.82, 2.24) is 0 Å². The number of aliphatic hydroxyl groups is 1. The molecule has 0 heterocycles. The Morgan fingerprint density at radius 1 is 1.24 bits per heavy atom. The molecule has 2 N–H and O–H groups in total. The zero-order valence-corrected chi connectivity index (χ0v) is 14.2. The lowest BCUT2D eigenvalue weighted by molar-refractivity contribution is 0.132. The zero-order chi connectivity index (χ0) is 16.1. The second-order valence-corrected chi connectivity index (χ2v) is 8.69. The topological polar surface area (TPSA) is 66.4 Å². The monoisotopic (exact) mass is 313 g/mol. The summed E-state index contributed by atoms with van der Waals surface area (Å²) in [7, 11) is -3.27. The average Bonchev–Trinajstić information content (AvgIpc) is 2.34. The van der Waals surface area contributed by atoms with Gasteiger partial charge in [0, 0.05) is 6.54 Å². The number of hydrogen-bond donors (Lipinski definition) is 2. The number of hydrogen-bond acceptors (Lipinski definition) is 4. The minimum Gasteiger partial charge on any atom is -0.391 e. The van der Waals surface area contributed by atoms with Gasteiger partial charge in [-0.25, -0.2) is 8.42 Å². The first-order valence-corrected chi connectivity index (χ1v) is 9.04. The van der Waals surface area contributed by atoms with Crippen LogP contribution in [-0.2, 0) is 9.84 Å². The van der Waals surface area contributed by atoms with Crippen molar-refractivity contribution >= 4 is 15.5 Å². The lowest BCUT2D eigenvalue weighted by atomic mass is 9.89. The van der Waals surface area contributed by atoms with E-state index in [1.807, 2.05) is 6.92 Å². The molecule has 5 heteroatoms. The molecule has 1 rings (SSSR count). The van der Waals surface area contributed by atoms with Gasteiger partial charge in [-0.3, -0.25) is 0 Å². The fraction of sp³-hybridized carbons (Fsp3) is 0.625. The van der Waals surface area contributed by atoms with Gasteiger partial charge in [0.05, 0.1) is 22.4 Å². The van der Waals surface area contributed by atoms with Crippen LogP contribution in [0.15, 0.2) is 29.2 Å². The smallest absolute Gasteiger partial charge is 0.180 e. The standard InChI is InChI=1S/C16H27NO3S/c1-5-10-21(19,20)15-9-7-6-8-14(15)17-12-13(18)11-16(2,3)4/h6-9,13,17-18H,5,10-12H2,1-4H3. The van der Waals surface area contributed by atoms with Crippen LogP contribution in [0.1, 0.15) is 40.5 Å². The van der Waals surface area contributed by atoms with E-state index in [9.17, 15) is 13.5 Å². The van der Waals surface area contributed by atoms with Crippen LogP contribution in [-0.4, -0.2) is 31.9 Å². The van der Waals surface area contributed by atoms with Crippen LogP contribution >= 0.6 is 0 Å². The molecule has 0 saturated carbocycles. The molecule has 1 atom stereocenters. The maximum atomic E-state index is 12.2. The van der Waals surface area contributed by atoms with E-state index in [4.69, 9.17) is 0 Å². The number of benzene rings is 1. The van der Waals surface area contributed by atoms with Gasteiger partial charge in [0.15, 0.2) is 9.84 Å². The SMILES string of the molecule is CCCS(=O)(=O)c1ccccc1NCC(O)CC(C)(C)C. The molecular weight excluding hydrogens is 286 g/mol. The van der Waals surface area contributed by atoms with Crippen molar-refractivity contribution in [3.63, 3.8) is 0 Å². The molecule has 0 aromatic heterocycles. The summed E-state index contributed by atoms with van der Waals surface area (Å²) in [6, 6.07) is 6.87. The lowest BCUT2D eigenvalue weighted by Crippen LogP contribution is -2.25. The molecule has 0 amide bonds. The van der Waals surface area contributed by atoms with E-state index in [0.29, 0.717) is 30.0 Å². The highest BCUT2D eigenvalue weighted by Crippen LogP contribution is 2.24. The van der Waals surface area contributed by atoms with Crippen LogP contribution in [0.2, 0.25) is 0 Å². The van der Waals surface area contributed by atoms with Gasteiger partial charge in [-0.2, -0.15) is 0 Å². The Balaban J connectivity index is 2.81. The Morgan fingerprint density at radius 3 is 2.43 bits per heavy atom. The van der Waals surface area contributed by atoms with Crippen LogP contribution < -0.4 is 5.32 Å². The molecule has 4 nitrogen and oxygen atoms in total. The second-order valence-electron chi connectivity index (χ2n) is 6.61. The maximum absolute atomic E-state index is 12.2. The summed E-state index contributed by atoms with van der Waals surface area (Å²) in [5.41, 5.74) is 0.605. The summed E-state index contributed by atoms with van der Waals surface area (Å²) in [5.74, 6) is 0.135. The van der Waals surface area contributed by atoms with E-state index >= 15 is 0 Å². The van der Waals surface area contributed by atoms with Gasteiger partial charge in [0.1, 0.15) is 0 Å². The first-order chi connectivity index (χ1) is 9.65. The molecule has 21 heavy (non-hydrogen) atoms. The zero-order valence-electron chi connectivity index (χ0n) is 13.4. The van der Waals surface area contributed by atoms with Crippen molar-refractivity contribution in [3.05, 3.63) is 24.3 Å². The number of aliphatic hydroxyl groups excluding tert-OH is 1.